The molecule has 0 spiro atoms. The Hall–Kier alpha value is -18.3. The number of ether oxygens (including phenoxy) is 4. The quantitative estimate of drug-likeness (QED) is 0.0879. The van der Waals surface area contributed by atoms with Crippen molar-refractivity contribution in [3.05, 3.63) is 541 Å². The van der Waals surface area contributed by atoms with E-state index in [1.807, 2.05) is 468 Å². The van der Waals surface area contributed by atoms with Crippen molar-refractivity contribution < 1.29 is 37.2 Å². The van der Waals surface area contributed by atoms with E-state index in [0.29, 0.717) is 78.9 Å². The van der Waals surface area contributed by atoms with E-state index in [1.165, 1.54) is 0 Å². The predicted octanol–water partition coefficient (Wildman–Crippen LogP) is 27.8. The summed E-state index contributed by atoms with van der Waals surface area (Å²) in [5, 5.41) is 8.91. The van der Waals surface area contributed by atoms with Gasteiger partial charge in [0.2, 0.25) is 0 Å². The van der Waals surface area contributed by atoms with E-state index >= 15 is 0 Å². The summed E-state index contributed by atoms with van der Waals surface area (Å²) in [6.45, 7) is 0. The van der Waals surface area contributed by atoms with Gasteiger partial charge in [-0.05, 0) is 191 Å². The van der Waals surface area contributed by atoms with E-state index in [0.717, 1.165) is 154 Å². The second-order valence-electron chi connectivity index (χ2n) is 36.3. The second-order valence-corrected chi connectivity index (χ2v) is 47.1. The topological polar surface area (TPSA) is 195 Å². The fourth-order valence-corrected chi connectivity index (χ4v) is 31.1. The maximum atomic E-state index is 14.9. The first kappa shape index (κ1) is 94.0. The highest BCUT2D eigenvalue weighted by molar-refractivity contribution is 7.87. The zero-order chi connectivity index (χ0) is 101. The van der Waals surface area contributed by atoms with E-state index in [1.54, 1.807) is 18.6 Å². The molecule has 4 aliphatic heterocycles. The van der Waals surface area contributed by atoms with E-state index in [4.69, 9.17) is 38.9 Å². The first-order chi connectivity index (χ1) is 73.8. The lowest BCUT2D eigenvalue weighted by molar-refractivity contribution is 0.485. The Labute approximate surface area is 868 Å². The monoisotopic (exact) mass is 2010 g/mol. The van der Waals surface area contributed by atoms with Crippen molar-refractivity contribution in [2.24, 2.45) is 0 Å². The van der Waals surface area contributed by atoms with Gasteiger partial charge in [0.15, 0.2) is 40.2 Å². The zero-order valence-electron chi connectivity index (χ0n) is 80.6. The van der Waals surface area contributed by atoms with Crippen molar-refractivity contribution in [3.63, 3.8) is 0 Å². The van der Waals surface area contributed by atoms with Gasteiger partial charge in [-0.1, -0.05) is 352 Å². The Kier molecular flexibility index (Phi) is 25.7. The first-order valence-corrected chi connectivity index (χ1v) is 55.9. The van der Waals surface area contributed by atoms with Crippen LogP contribution in [-0.4, -0.2) is 34.9 Å². The third-order valence-corrected chi connectivity index (χ3v) is 39.6. The van der Waals surface area contributed by atoms with Crippen molar-refractivity contribution in [1.29, 1.82) is 0 Å². The van der Waals surface area contributed by atoms with Gasteiger partial charge in [-0.2, -0.15) is 0 Å². The molecular weight excluding hydrogens is 1920 g/mol. The maximum Gasteiger partial charge on any atom is 0.178 e. The number of rotatable bonds is 15. The highest BCUT2D eigenvalue weighted by Gasteiger charge is 2.44. The van der Waals surface area contributed by atoms with Crippen LogP contribution < -0.4 is 82.6 Å². The van der Waals surface area contributed by atoms with Gasteiger partial charge < -0.3 is 37.2 Å². The van der Waals surface area contributed by atoms with Crippen LogP contribution in [0, 0.1) is 0 Å². The second kappa shape index (κ2) is 40.9. The number of aromatic nitrogens is 7. The Morgan fingerprint density at radius 3 is 0.687 bits per heavy atom. The van der Waals surface area contributed by atoms with Crippen LogP contribution in [-0.2, 0) is 18.3 Å². The van der Waals surface area contributed by atoms with E-state index in [2.05, 4.69) is 69.5 Å². The lowest BCUT2D eigenvalue weighted by Crippen LogP contribution is -2.30. The number of benzene rings is 18. The standard InChI is InChI=1S/3C34H23N2O2P.C29H20NO2P/c37-39(27-16-8-3-9-17-27)32-19-11-10-18-30(32)38-31-22-26(20-21-33(31)39)29-23-28(24-12-4-1-5-13-24)35-34(36-29)25-14-6-2-7-15-25;37-39(27-16-8-3-9-17-27)32-19-11-10-18-30(32)38-31-22-26(20-21-33(31)39)34-35-28(24-12-4-1-5-13-24)23-29(36-34)25-14-6-2-7-15-25;37-39(30-10-2-1-3-11-30)33-13-5-4-12-31(33)38-32-21-24(14-15-34(32)39)27-18-28(25-8-6-16-35-22-25)20-29(19-27)26-9-7-17-36-23-26;31-33(25-11-2-1-3-12-25)28-14-5-4-13-26(28)32-27-19-23(15-16-29(27)33)21-8-6-9-22(18-21)24-10-7-17-30-20-24/h3*1-23H;1-20H. The Balaban J connectivity index is 0.000000107. The normalized spacial score (nSPS) is 15.8. The van der Waals surface area contributed by atoms with E-state index in [-0.39, 0.29) is 0 Å². The lowest BCUT2D eigenvalue weighted by Gasteiger charge is -2.29. The number of nitrogens with zero attached hydrogens (tertiary/aromatic N) is 7. The molecule has 0 fully saturated rings. The van der Waals surface area contributed by atoms with Crippen molar-refractivity contribution in [2.75, 3.05) is 0 Å². The van der Waals surface area contributed by atoms with Crippen LogP contribution in [0.5, 0.6) is 46.0 Å². The van der Waals surface area contributed by atoms with Crippen LogP contribution >= 0.6 is 28.6 Å². The summed E-state index contributed by atoms with van der Waals surface area (Å²) in [5.74, 6) is 6.14. The van der Waals surface area contributed by atoms with E-state index < -0.39 is 28.6 Å². The summed E-state index contributed by atoms with van der Waals surface area (Å²) in [6, 6.07) is 164. The van der Waals surface area contributed by atoms with Gasteiger partial charge in [0, 0.05) is 108 Å². The van der Waals surface area contributed by atoms with Gasteiger partial charge in [-0.15, -0.1) is 0 Å². The summed E-state index contributed by atoms with van der Waals surface area (Å²) < 4.78 is 84.8. The predicted molar refractivity (Wildman–Crippen MR) is 608 cm³/mol. The molecule has 0 N–H and O–H groups in total. The molecule has 27 rings (SSSR count). The number of para-hydroxylation sites is 4. The van der Waals surface area contributed by atoms with Gasteiger partial charge >= 0.3 is 0 Å². The largest absolute Gasteiger partial charge is 0.456 e. The van der Waals surface area contributed by atoms with E-state index in [9.17, 15) is 18.3 Å². The first-order valence-electron chi connectivity index (χ1n) is 49.1. The average Bonchev–Trinajstić information content (AvgIpc) is 0.734. The Morgan fingerprint density at radius 2 is 0.360 bits per heavy atom. The van der Waals surface area contributed by atoms with Crippen molar-refractivity contribution in [1.82, 2.24) is 34.9 Å². The summed E-state index contributed by atoms with van der Waals surface area (Å²) in [5.41, 5.74) is 19.3. The molecule has 0 amide bonds. The number of pyridine rings is 3. The maximum absolute atomic E-state index is 14.9. The Bertz CT molecular complexity index is 8380. The molecule has 0 saturated carbocycles. The summed E-state index contributed by atoms with van der Waals surface area (Å²) in [7, 11) is -12.4. The van der Waals surface area contributed by atoms with Crippen molar-refractivity contribution in [3.8, 4) is 169 Å². The fourth-order valence-electron chi connectivity index (χ4n) is 19.7. The van der Waals surface area contributed by atoms with Crippen LogP contribution in [0.15, 0.2) is 541 Å². The van der Waals surface area contributed by atoms with Gasteiger partial charge in [-0.25, -0.2) is 19.9 Å². The molecule has 0 aliphatic carbocycles. The minimum Gasteiger partial charge on any atom is -0.456 e. The van der Waals surface area contributed by atoms with Gasteiger partial charge in [0.25, 0.3) is 0 Å². The van der Waals surface area contributed by atoms with Gasteiger partial charge in [0.1, 0.15) is 46.0 Å². The van der Waals surface area contributed by atoms with Gasteiger partial charge in [-0.3, -0.25) is 15.0 Å². The number of hydrogen-bond donors (Lipinski definition) is 0. The fraction of sp³-hybridized carbons (Fsp3) is 0. The Morgan fingerprint density at radius 1 is 0.147 bits per heavy atom. The van der Waals surface area contributed by atoms with Crippen LogP contribution in [0.25, 0.3) is 123 Å². The van der Waals surface area contributed by atoms with Gasteiger partial charge in [0.05, 0.1) is 65.2 Å². The number of hydrogen-bond acceptors (Lipinski definition) is 15. The molecule has 0 saturated heterocycles. The molecule has 0 radical (unpaired) electrons. The molecule has 4 unspecified atom stereocenters. The minimum absolute atomic E-state index is 0.563. The molecule has 716 valence electrons. The molecule has 0 bridgehead atoms. The van der Waals surface area contributed by atoms with Crippen LogP contribution in [0.4, 0.5) is 0 Å². The lowest BCUT2D eigenvalue weighted by atomic mass is 9.94. The molecule has 5 aromatic heterocycles. The third-order valence-electron chi connectivity index (χ3n) is 27.1. The van der Waals surface area contributed by atoms with Crippen LogP contribution in [0.3, 0.4) is 0 Å². The molecule has 23 aromatic rings. The summed E-state index contributed by atoms with van der Waals surface area (Å²) >= 11 is 0. The molecule has 4 atom stereocenters. The number of fused-ring (bicyclic) bond motifs is 8. The molecule has 18 aromatic carbocycles. The average molecular weight is 2010 g/mol. The highest BCUT2D eigenvalue weighted by atomic mass is 31.2. The molecule has 4 aliphatic rings. The van der Waals surface area contributed by atoms with Crippen molar-refractivity contribution >= 4 is 92.2 Å². The smallest absolute Gasteiger partial charge is 0.178 e. The molecular formula is C131H89N7O8P4. The molecule has 15 nitrogen and oxygen atoms in total. The zero-order valence-corrected chi connectivity index (χ0v) is 84.1. The molecule has 150 heavy (non-hydrogen) atoms. The molecule has 19 heteroatoms. The SMILES string of the molecule is O=P1(c2ccccc2)c2ccccc2Oc2cc(-c3cc(-c4ccccc4)nc(-c4ccccc4)n3)ccc21.O=P1(c2ccccc2)c2ccccc2Oc2cc(-c3cc(-c4cccnc4)cc(-c4cccnc4)c3)ccc21.O=P1(c2ccccc2)c2ccccc2Oc2cc(-c3cccc(-c4cccnc4)c3)ccc21.O=P1(c2ccccc2)c2ccccc2Oc2cc(-c3nc(-c4ccccc4)cc(-c4ccccc4)n3)ccc21. The third kappa shape index (κ3) is 18.2. The summed E-state index contributed by atoms with van der Waals surface area (Å²) in [4.78, 5) is 32.6. The van der Waals surface area contributed by atoms with Crippen LogP contribution in [0.1, 0.15) is 0 Å². The highest BCUT2D eigenvalue weighted by Crippen LogP contribution is 2.57. The minimum atomic E-state index is -3.14. The van der Waals surface area contributed by atoms with Crippen molar-refractivity contribution in [2.45, 2.75) is 0 Å². The van der Waals surface area contributed by atoms with Crippen LogP contribution in [0.2, 0.25) is 0 Å². The summed E-state index contributed by atoms with van der Waals surface area (Å²) in [6.07, 6.45) is 10.9. The molecule has 9 heterocycles.